The lowest BCUT2D eigenvalue weighted by Crippen LogP contribution is -2.60. The maximum Gasteiger partial charge on any atom is 0.458 e. The number of benzene rings is 2. The average molecular weight is 468 g/mol. The first-order valence-electron chi connectivity index (χ1n) is 11.9. The molecule has 8 heteroatoms. The van der Waals surface area contributed by atoms with Crippen LogP contribution < -0.4 is 4.74 Å². The number of carbonyl (C=O) groups excluding carboxylic acids is 1. The number of carbonyl (C=O) groups is 1. The Labute approximate surface area is 200 Å². The number of nitrogens with zero attached hydrogens (tertiary/aromatic N) is 4. The van der Waals surface area contributed by atoms with Gasteiger partial charge in [0.1, 0.15) is 18.8 Å². The van der Waals surface area contributed by atoms with Crippen molar-refractivity contribution in [2.75, 3.05) is 53.0 Å². The van der Waals surface area contributed by atoms with Gasteiger partial charge in [-0.15, -0.1) is 0 Å². The van der Waals surface area contributed by atoms with Gasteiger partial charge in [-0.25, -0.2) is 4.79 Å². The Morgan fingerprint density at radius 3 is 2.47 bits per heavy atom. The van der Waals surface area contributed by atoms with Gasteiger partial charge in [0, 0.05) is 24.6 Å². The molecule has 2 amide bonds. The van der Waals surface area contributed by atoms with E-state index in [2.05, 4.69) is 11.0 Å². The summed E-state index contributed by atoms with van der Waals surface area (Å²) in [6.45, 7) is 2.96. The first-order chi connectivity index (χ1) is 16.5. The topological polar surface area (TPSA) is 65.8 Å². The van der Waals surface area contributed by atoms with E-state index in [1.165, 1.54) is 0 Å². The molecule has 2 fully saturated rings. The van der Waals surface area contributed by atoms with Gasteiger partial charge in [-0.05, 0) is 59.4 Å². The number of urea groups is 1. The van der Waals surface area contributed by atoms with Crippen LogP contribution in [0.15, 0.2) is 48.5 Å². The molecule has 0 aliphatic carbocycles. The van der Waals surface area contributed by atoms with Crippen LogP contribution in [0.25, 0.3) is 11.1 Å². The molecule has 180 valence electrons. The Morgan fingerprint density at radius 2 is 1.82 bits per heavy atom. The van der Waals surface area contributed by atoms with Crippen molar-refractivity contribution in [3.05, 3.63) is 54.1 Å². The third-order valence-corrected chi connectivity index (χ3v) is 6.66. The molecule has 1 atom stereocenters. The van der Waals surface area contributed by atoms with Gasteiger partial charge in [0.05, 0.1) is 37.6 Å². The molecule has 0 bridgehead atoms. The van der Waals surface area contributed by atoms with Gasteiger partial charge in [0.2, 0.25) is 0 Å². The highest BCUT2D eigenvalue weighted by molar-refractivity contribution is 5.67. The second-order valence-corrected chi connectivity index (χ2v) is 8.89. The summed E-state index contributed by atoms with van der Waals surface area (Å²) in [7, 11) is 1.71. The Bertz CT molecular complexity index is 1000. The number of likely N-dealkylation sites (tertiary alicyclic amines) is 1. The molecular formula is C26H32FN4O3+. The fourth-order valence-electron chi connectivity index (χ4n) is 4.68. The highest BCUT2D eigenvalue weighted by Gasteiger charge is 2.46. The van der Waals surface area contributed by atoms with E-state index in [1.807, 2.05) is 48.5 Å². The van der Waals surface area contributed by atoms with E-state index in [1.54, 1.807) is 11.9 Å². The summed E-state index contributed by atoms with van der Waals surface area (Å²) in [5.74, 6) is 0.804. The first kappa shape index (κ1) is 24.1. The van der Waals surface area contributed by atoms with Gasteiger partial charge >= 0.3 is 6.03 Å². The minimum Gasteiger partial charge on any atom is -0.494 e. The lowest BCUT2D eigenvalue weighted by molar-refractivity contribution is -0.996. The molecule has 1 unspecified atom stereocenters. The van der Waals surface area contributed by atoms with Gasteiger partial charge in [-0.1, -0.05) is 24.3 Å². The molecule has 2 aromatic carbocycles. The van der Waals surface area contributed by atoms with E-state index in [4.69, 9.17) is 14.7 Å². The molecule has 7 nitrogen and oxygen atoms in total. The Morgan fingerprint density at radius 1 is 1.18 bits per heavy atom. The van der Waals surface area contributed by atoms with Crippen molar-refractivity contribution in [1.29, 1.82) is 5.26 Å². The lowest BCUT2D eigenvalue weighted by Gasteiger charge is -2.36. The average Bonchev–Trinajstić information content (AvgIpc) is 3.35. The van der Waals surface area contributed by atoms with Crippen molar-refractivity contribution in [2.24, 2.45) is 0 Å². The predicted octanol–water partition coefficient (Wildman–Crippen LogP) is 4.20. The molecule has 2 saturated heterocycles. The number of amides is 2. The zero-order chi connectivity index (χ0) is 24.0. The second kappa shape index (κ2) is 11.0. The number of hydrogen-bond donors (Lipinski definition) is 0. The molecule has 2 aliphatic rings. The first-order valence-corrected chi connectivity index (χ1v) is 11.9. The molecule has 0 aromatic heterocycles. The summed E-state index contributed by atoms with van der Waals surface area (Å²) in [6.07, 6.45) is 2.60. The summed E-state index contributed by atoms with van der Waals surface area (Å²) in [6, 6.07) is 17.1. The largest absolute Gasteiger partial charge is 0.494 e. The molecule has 34 heavy (non-hydrogen) atoms. The lowest BCUT2D eigenvalue weighted by atomic mass is 10.0. The van der Waals surface area contributed by atoms with Crippen molar-refractivity contribution in [1.82, 2.24) is 9.80 Å². The summed E-state index contributed by atoms with van der Waals surface area (Å²) < 4.78 is 25.1. The Kier molecular flexibility index (Phi) is 7.78. The molecule has 2 aliphatic heterocycles. The quantitative estimate of drug-likeness (QED) is 0.451. The van der Waals surface area contributed by atoms with Gasteiger partial charge in [-0.3, -0.25) is 9.80 Å². The molecule has 0 radical (unpaired) electrons. The highest BCUT2D eigenvalue weighted by atomic mass is 19.2. The molecule has 0 saturated carbocycles. The summed E-state index contributed by atoms with van der Waals surface area (Å²) in [5, 5.41) is 8.93. The van der Waals surface area contributed by atoms with E-state index < -0.39 is 10.7 Å². The highest BCUT2D eigenvalue weighted by Crippen LogP contribution is 2.25. The van der Waals surface area contributed by atoms with Crippen molar-refractivity contribution < 1.29 is 23.5 Å². The summed E-state index contributed by atoms with van der Waals surface area (Å²) in [5.41, 5.74) is 2.77. The zero-order valence-corrected chi connectivity index (χ0v) is 19.7. The summed E-state index contributed by atoms with van der Waals surface area (Å²) in [4.78, 5) is 16.7. The summed E-state index contributed by atoms with van der Waals surface area (Å²) >= 11 is 0. The Balaban J connectivity index is 1.24. The van der Waals surface area contributed by atoms with Gasteiger partial charge < -0.3 is 9.47 Å². The molecule has 0 N–H and O–H groups in total. The number of quaternary nitrogens is 1. The number of ether oxygens (including phenoxy) is 2. The van der Waals surface area contributed by atoms with Gasteiger partial charge in [0.15, 0.2) is 0 Å². The van der Waals surface area contributed by atoms with Crippen LogP contribution in [0.2, 0.25) is 0 Å². The third-order valence-electron chi connectivity index (χ3n) is 6.66. The Hall–Kier alpha value is -2.99. The van der Waals surface area contributed by atoms with Gasteiger partial charge in [0.25, 0.3) is 0 Å². The van der Waals surface area contributed by atoms with Crippen molar-refractivity contribution in [2.45, 2.75) is 25.4 Å². The van der Waals surface area contributed by atoms with E-state index in [0.717, 1.165) is 49.2 Å². The fourth-order valence-corrected chi connectivity index (χ4v) is 4.68. The van der Waals surface area contributed by atoms with E-state index >= 15 is 4.48 Å². The van der Waals surface area contributed by atoms with Crippen LogP contribution in [0, 0.1) is 11.3 Å². The minimum absolute atomic E-state index is 0.0761. The standard InChI is InChI=1S/C26H32FN4O3/c1-29(26(32)31(27)15-18-33-19-16-31)25-4-2-13-30(25)14-3-17-34-24-11-9-23(10-12-24)22-7-5-21(20-28)6-8-22/h5-12,25H,2-4,13-19H2,1H3/q+1. The minimum atomic E-state index is -1.07. The monoisotopic (exact) mass is 467 g/mol. The van der Waals surface area contributed by atoms with E-state index in [-0.39, 0.29) is 32.5 Å². The van der Waals surface area contributed by atoms with Crippen molar-refractivity contribution in [3.63, 3.8) is 0 Å². The maximum atomic E-state index is 15.1. The number of hydrogen-bond acceptors (Lipinski definition) is 5. The van der Waals surface area contributed by atoms with Crippen molar-refractivity contribution >= 4 is 6.03 Å². The molecule has 2 aromatic rings. The number of nitriles is 1. The van der Waals surface area contributed by atoms with Gasteiger partial charge in [-0.2, -0.15) is 5.26 Å². The van der Waals surface area contributed by atoms with Crippen LogP contribution in [-0.2, 0) is 4.74 Å². The number of rotatable bonds is 7. The zero-order valence-electron chi connectivity index (χ0n) is 19.7. The SMILES string of the molecule is CN(C(=O)[N+]1(F)CCOCC1)C1CCCN1CCCOc1ccc(-c2ccc(C#N)cc2)cc1. The number of halogens is 1. The predicted molar refractivity (Wildman–Crippen MR) is 126 cm³/mol. The fraction of sp³-hybridized carbons (Fsp3) is 0.462. The third kappa shape index (κ3) is 5.55. The normalized spacial score (nSPS) is 20.0. The smallest absolute Gasteiger partial charge is 0.458 e. The second-order valence-electron chi connectivity index (χ2n) is 8.89. The number of morpholine rings is 1. The van der Waals surface area contributed by atoms with Crippen LogP contribution >= 0.6 is 0 Å². The molecule has 2 heterocycles. The molecule has 0 spiro atoms. The molecular weight excluding hydrogens is 435 g/mol. The van der Waals surface area contributed by atoms with Crippen LogP contribution in [0.4, 0.5) is 9.28 Å². The molecule has 4 rings (SSSR count). The maximum absolute atomic E-state index is 15.1. The van der Waals surface area contributed by atoms with E-state index in [9.17, 15) is 4.79 Å². The van der Waals surface area contributed by atoms with Crippen LogP contribution in [0.1, 0.15) is 24.8 Å². The van der Waals surface area contributed by atoms with Crippen LogP contribution in [0.3, 0.4) is 0 Å². The van der Waals surface area contributed by atoms with E-state index in [0.29, 0.717) is 12.2 Å². The van der Waals surface area contributed by atoms with Crippen molar-refractivity contribution in [3.8, 4) is 22.9 Å². The van der Waals surface area contributed by atoms with Crippen LogP contribution in [0.5, 0.6) is 5.75 Å². The van der Waals surface area contributed by atoms with Crippen LogP contribution in [-0.4, -0.2) is 79.7 Å².